The molecule has 104 valence electrons. The van der Waals surface area contributed by atoms with Gasteiger partial charge >= 0.3 is 0 Å². The summed E-state index contributed by atoms with van der Waals surface area (Å²) in [4.78, 5) is 0. The maximum Gasteiger partial charge on any atom is 0.0107 e. The Morgan fingerprint density at radius 3 is 2.35 bits per heavy atom. The third kappa shape index (κ3) is 1.81. The lowest BCUT2D eigenvalue weighted by atomic mass is 9.83. The van der Waals surface area contributed by atoms with Gasteiger partial charge in [0.1, 0.15) is 0 Å². The maximum absolute atomic E-state index is 5.67. The predicted octanol–water partition coefficient (Wildman–Crippen LogP) is 3.98. The van der Waals surface area contributed by atoms with Crippen LogP contribution in [0.3, 0.4) is 0 Å². The van der Waals surface area contributed by atoms with Crippen LogP contribution in [0.2, 0.25) is 0 Å². The number of hydrogen-bond donors (Lipinski definition) is 1. The fourth-order valence-electron chi connectivity index (χ4n) is 4.08. The van der Waals surface area contributed by atoms with Crippen molar-refractivity contribution in [1.82, 2.24) is 0 Å². The average molecular weight is 286 g/mol. The van der Waals surface area contributed by atoms with Crippen LogP contribution in [-0.4, -0.2) is 6.54 Å². The first-order valence-corrected chi connectivity index (χ1v) is 7.30. The maximum atomic E-state index is 5.67. The van der Waals surface area contributed by atoms with E-state index in [4.69, 9.17) is 5.73 Å². The largest absolute Gasteiger partial charge is 0.330 e. The van der Waals surface area contributed by atoms with E-state index in [0.29, 0.717) is 11.8 Å². The summed E-state index contributed by atoms with van der Waals surface area (Å²) in [6.45, 7) is 0.786. The summed E-state index contributed by atoms with van der Waals surface area (Å²) in [7, 11) is 0. The molecule has 0 aromatic heterocycles. The van der Waals surface area contributed by atoms with Crippen LogP contribution in [0.4, 0.5) is 0 Å². The zero-order chi connectivity index (χ0) is 12.8. The van der Waals surface area contributed by atoms with E-state index in [1.807, 2.05) is 0 Å². The summed E-state index contributed by atoms with van der Waals surface area (Å²) in [5.41, 5.74) is 13.5. The molecule has 0 spiro atoms. The third-order valence-electron chi connectivity index (χ3n) is 4.82. The minimum atomic E-state index is 0. The van der Waals surface area contributed by atoms with Gasteiger partial charge in [-0.3, -0.25) is 0 Å². The summed E-state index contributed by atoms with van der Waals surface area (Å²) >= 11 is 0. The smallest absolute Gasteiger partial charge is 0.0107 e. The van der Waals surface area contributed by atoms with Crippen LogP contribution < -0.4 is 5.73 Å². The molecule has 2 aromatic carbocycles. The van der Waals surface area contributed by atoms with Crippen LogP contribution >= 0.6 is 12.4 Å². The van der Waals surface area contributed by atoms with Gasteiger partial charge in [-0.05, 0) is 53.6 Å². The molecule has 1 nitrogen and oxygen atoms in total. The lowest BCUT2D eigenvalue weighted by Gasteiger charge is -2.22. The Bertz CT molecular complexity index is 635. The highest BCUT2D eigenvalue weighted by molar-refractivity contribution is 5.85. The van der Waals surface area contributed by atoms with Gasteiger partial charge in [0.25, 0.3) is 0 Å². The zero-order valence-electron chi connectivity index (χ0n) is 11.5. The average Bonchev–Trinajstić information content (AvgIpc) is 3.02. The number of aryl methyl sites for hydroxylation is 1. The highest BCUT2D eigenvalue weighted by atomic mass is 35.5. The second-order valence-corrected chi connectivity index (χ2v) is 5.78. The minimum Gasteiger partial charge on any atom is -0.330 e. The Morgan fingerprint density at radius 2 is 1.60 bits per heavy atom. The second kappa shape index (κ2) is 5.23. The molecular weight excluding hydrogens is 266 g/mol. The van der Waals surface area contributed by atoms with Crippen molar-refractivity contribution in [2.45, 2.75) is 31.1 Å². The molecule has 2 aromatic rings. The lowest BCUT2D eigenvalue weighted by molar-refractivity contribution is 0.780. The van der Waals surface area contributed by atoms with E-state index < -0.39 is 0 Å². The van der Waals surface area contributed by atoms with Gasteiger partial charge in [0, 0.05) is 11.8 Å². The van der Waals surface area contributed by atoms with E-state index in [9.17, 15) is 0 Å². The van der Waals surface area contributed by atoms with Gasteiger partial charge in [0.2, 0.25) is 0 Å². The standard InChI is InChI=1S/C18H19N.ClH/c19-10-4-6-12-5-3-9-15-16-11-17(18(12)15)14-8-2-1-7-13(14)16;/h1-3,5,7-9,16-17H,4,6,10-11,19H2;1H. The summed E-state index contributed by atoms with van der Waals surface area (Å²) in [5, 5.41) is 0. The molecule has 20 heavy (non-hydrogen) atoms. The number of benzene rings is 2. The predicted molar refractivity (Wildman–Crippen MR) is 85.8 cm³/mol. The molecule has 0 aliphatic heterocycles. The number of fused-ring (bicyclic) bond motifs is 8. The van der Waals surface area contributed by atoms with Crippen molar-refractivity contribution in [3.05, 3.63) is 70.3 Å². The molecule has 0 amide bonds. The summed E-state index contributed by atoms with van der Waals surface area (Å²) in [6, 6.07) is 15.9. The molecule has 2 bridgehead atoms. The van der Waals surface area contributed by atoms with Gasteiger partial charge in [-0.1, -0.05) is 42.5 Å². The summed E-state index contributed by atoms with van der Waals surface area (Å²) in [6.07, 6.45) is 3.51. The van der Waals surface area contributed by atoms with Crippen LogP contribution in [0.25, 0.3) is 0 Å². The van der Waals surface area contributed by atoms with Crippen molar-refractivity contribution in [1.29, 1.82) is 0 Å². The van der Waals surface area contributed by atoms with Gasteiger partial charge in [-0.25, -0.2) is 0 Å². The Morgan fingerprint density at radius 1 is 0.900 bits per heavy atom. The number of nitrogens with two attached hydrogens (primary N) is 1. The van der Waals surface area contributed by atoms with Crippen LogP contribution in [0, 0.1) is 0 Å². The van der Waals surface area contributed by atoms with Crippen molar-refractivity contribution < 1.29 is 0 Å². The SMILES string of the molecule is Cl.NCCCc1cccc2c1C1CC2c2ccccc21. The lowest BCUT2D eigenvalue weighted by Crippen LogP contribution is -2.08. The Balaban J connectivity index is 0.00000121. The molecule has 0 radical (unpaired) electrons. The second-order valence-electron chi connectivity index (χ2n) is 5.78. The normalized spacial score (nSPS) is 21.2. The molecule has 2 aliphatic carbocycles. The molecule has 2 heteroatoms. The molecule has 2 atom stereocenters. The van der Waals surface area contributed by atoms with Crippen molar-refractivity contribution in [2.24, 2.45) is 5.73 Å². The number of rotatable bonds is 3. The molecule has 0 saturated heterocycles. The zero-order valence-corrected chi connectivity index (χ0v) is 12.3. The molecule has 2 unspecified atom stereocenters. The van der Waals surface area contributed by atoms with Gasteiger partial charge < -0.3 is 5.73 Å². The van der Waals surface area contributed by atoms with Crippen molar-refractivity contribution >= 4 is 12.4 Å². The van der Waals surface area contributed by atoms with Gasteiger partial charge in [0.05, 0.1) is 0 Å². The van der Waals surface area contributed by atoms with E-state index >= 15 is 0 Å². The fourth-order valence-corrected chi connectivity index (χ4v) is 4.08. The number of hydrogen-bond acceptors (Lipinski definition) is 1. The van der Waals surface area contributed by atoms with Gasteiger partial charge in [0.15, 0.2) is 0 Å². The third-order valence-corrected chi connectivity index (χ3v) is 4.82. The van der Waals surface area contributed by atoms with Crippen molar-refractivity contribution in [3.63, 3.8) is 0 Å². The molecular formula is C18H20ClN. The van der Waals surface area contributed by atoms with Crippen LogP contribution in [0.15, 0.2) is 42.5 Å². The Hall–Kier alpha value is -1.31. The molecule has 2 N–H and O–H groups in total. The summed E-state index contributed by atoms with van der Waals surface area (Å²) in [5.74, 6) is 1.29. The first-order chi connectivity index (χ1) is 9.40. The first kappa shape index (κ1) is 13.7. The van der Waals surface area contributed by atoms with Gasteiger partial charge in [-0.2, -0.15) is 0 Å². The molecule has 0 heterocycles. The highest BCUT2D eigenvalue weighted by Gasteiger charge is 2.41. The Kier molecular flexibility index (Phi) is 3.57. The van der Waals surface area contributed by atoms with Crippen molar-refractivity contribution in [2.75, 3.05) is 6.54 Å². The topological polar surface area (TPSA) is 26.0 Å². The van der Waals surface area contributed by atoms with E-state index in [-0.39, 0.29) is 12.4 Å². The monoisotopic (exact) mass is 285 g/mol. The van der Waals surface area contributed by atoms with Crippen LogP contribution in [0.1, 0.15) is 52.5 Å². The van der Waals surface area contributed by atoms with Crippen molar-refractivity contribution in [3.8, 4) is 0 Å². The van der Waals surface area contributed by atoms with E-state index in [1.165, 1.54) is 12.0 Å². The molecule has 0 saturated carbocycles. The summed E-state index contributed by atoms with van der Waals surface area (Å²) < 4.78 is 0. The van der Waals surface area contributed by atoms with Crippen LogP contribution in [0.5, 0.6) is 0 Å². The minimum absolute atomic E-state index is 0. The first-order valence-electron chi connectivity index (χ1n) is 7.30. The van der Waals surface area contributed by atoms with E-state index in [0.717, 1.165) is 19.4 Å². The van der Waals surface area contributed by atoms with Crippen LogP contribution in [-0.2, 0) is 6.42 Å². The highest BCUT2D eigenvalue weighted by Crippen LogP contribution is 2.57. The molecule has 2 aliphatic rings. The van der Waals surface area contributed by atoms with E-state index in [2.05, 4.69) is 42.5 Å². The Labute approximate surface area is 126 Å². The molecule has 0 fully saturated rings. The molecule has 4 rings (SSSR count). The number of halogens is 1. The van der Waals surface area contributed by atoms with Gasteiger partial charge in [-0.15, -0.1) is 12.4 Å². The quantitative estimate of drug-likeness (QED) is 0.907. The fraction of sp³-hybridized carbons (Fsp3) is 0.333. The van der Waals surface area contributed by atoms with E-state index in [1.54, 1.807) is 22.3 Å².